The molecule has 5 heteroatoms. The monoisotopic (exact) mass is 208 g/mol. The molecule has 0 atom stereocenters. The number of carbonyl (C=O) groups is 1. The molecule has 15 heavy (non-hydrogen) atoms. The van der Waals surface area contributed by atoms with Gasteiger partial charge in [-0.3, -0.25) is 4.79 Å². The molecule has 1 heterocycles. The summed E-state index contributed by atoms with van der Waals surface area (Å²) in [6.07, 6.45) is 0. The topological polar surface area (TPSA) is 85.2 Å². The maximum Gasteiger partial charge on any atom is 0.236 e. The predicted molar refractivity (Wildman–Crippen MR) is 60.5 cm³/mol. The Morgan fingerprint density at radius 1 is 1.53 bits per heavy atom. The van der Waals surface area contributed by atoms with Crippen LogP contribution in [-0.2, 0) is 4.79 Å². The van der Waals surface area contributed by atoms with Crippen molar-refractivity contribution >= 4 is 17.4 Å². The molecule has 1 rings (SSSR count). The van der Waals surface area contributed by atoms with Gasteiger partial charge in [0, 0.05) is 12.2 Å². The largest absolute Gasteiger partial charge is 0.396 e. The second-order valence-corrected chi connectivity index (χ2v) is 3.35. The summed E-state index contributed by atoms with van der Waals surface area (Å²) >= 11 is 0. The number of primary amides is 1. The molecule has 0 aliphatic carbocycles. The number of aromatic nitrogens is 1. The molecule has 0 fully saturated rings. The van der Waals surface area contributed by atoms with Gasteiger partial charge in [-0.25, -0.2) is 4.98 Å². The van der Waals surface area contributed by atoms with E-state index in [1.165, 1.54) is 0 Å². The first-order valence-electron chi connectivity index (χ1n) is 4.81. The van der Waals surface area contributed by atoms with Crippen molar-refractivity contribution in [2.24, 2.45) is 5.73 Å². The number of likely N-dealkylation sites (N-methyl/N-ethyl adjacent to an activating group) is 1. The Balaban J connectivity index is 3.00. The molecular weight excluding hydrogens is 192 g/mol. The third-order valence-corrected chi connectivity index (χ3v) is 2.07. The summed E-state index contributed by atoms with van der Waals surface area (Å²) in [4.78, 5) is 16.9. The first kappa shape index (κ1) is 11.3. The normalized spacial score (nSPS) is 10.0. The van der Waals surface area contributed by atoms with Crippen LogP contribution in [0.1, 0.15) is 12.6 Å². The quantitative estimate of drug-likeness (QED) is 0.744. The summed E-state index contributed by atoms with van der Waals surface area (Å²) < 4.78 is 0. The van der Waals surface area contributed by atoms with Gasteiger partial charge in [-0.15, -0.1) is 0 Å². The highest BCUT2D eigenvalue weighted by molar-refractivity contribution is 5.80. The van der Waals surface area contributed by atoms with Crippen LogP contribution in [0.4, 0.5) is 11.5 Å². The zero-order valence-corrected chi connectivity index (χ0v) is 9.03. The number of hydrogen-bond acceptors (Lipinski definition) is 4. The standard InChI is InChI=1S/C10H16N4O/c1-3-14(6-9(12)15)10-8(11)5-4-7(2)13-10/h4-5H,3,6,11H2,1-2H3,(H2,12,15). The maximum absolute atomic E-state index is 10.9. The van der Waals surface area contributed by atoms with Crippen molar-refractivity contribution in [2.75, 3.05) is 23.7 Å². The van der Waals surface area contributed by atoms with Gasteiger partial charge in [-0.1, -0.05) is 0 Å². The Kier molecular flexibility index (Phi) is 3.49. The fourth-order valence-corrected chi connectivity index (χ4v) is 1.33. The molecule has 0 aromatic carbocycles. The van der Waals surface area contributed by atoms with Gasteiger partial charge in [0.25, 0.3) is 0 Å². The minimum absolute atomic E-state index is 0.136. The van der Waals surface area contributed by atoms with Gasteiger partial charge >= 0.3 is 0 Å². The van der Waals surface area contributed by atoms with Gasteiger partial charge in [0.05, 0.1) is 12.2 Å². The van der Waals surface area contributed by atoms with Crippen molar-refractivity contribution in [1.29, 1.82) is 0 Å². The number of nitrogen functional groups attached to an aromatic ring is 1. The van der Waals surface area contributed by atoms with E-state index in [1.54, 1.807) is 11.0 Å². The molecule has 0 spiro atoms. The molecule has 0 saturated carbocycles. The fourth-order valence-electron chi connectivity index (χ4n) is 1.33. The second-order valence-electron chi connectivity index (χ2n) is 3.35. The number of carbonyl (C=O) groups excluding carboxylic acids is 1. The molecule has 0 aliphatic heterocycles. The third kappa shape index (κ3) is 2.83. The molecule has 4 N–H and O–H groups in total. The lowest BCUT2D eigenvalue weighted by Crippen LogP contribution is -2.34. The van der Waals surface area contributed by atoms with E-state index in [2.05, 4.69) is 4.98 Å². The minimum atomic E-state index is -0.389. The van der Waals surface area contributed by atoms with Crippen molar-refractivity contribution in [3.8, 4) is 0 Å². The van der Waals surface area contributed by atoms with Crippen LogP contribution in [0.3, 0.4) is 0 Å². The van der Waals surface area contributed by atoms with Crippen molar-refractivity contribution < 1.29 is 4.79 Å². The Morgan fingerprint density at radius 3 is 2.73 bits per heavy atom. The second kappa shape index (κ2) is 4.63. The van der Waals surface area contributed by atoms with Crippen LogP contribution in [0, 0.1) is 6.92 Å². The Morgan fingerprint density at radius 2 is 2.20 bits per heavy atom. The molecule has 0 unspecified atom stereocenters. The Labute approximate surface area is 89.1 Å². The minimum Gasteiger partial charge on any atom is -0.396 e. The Bertz CT molecular complexity index is 364. The number of amides is 1. The van der Waals surface area contributed by atoms with E-state index in [0.29, 0.717) is 18.1 Å². The number of anilines is 2. The van der Waals surface area contributed by atoms with E-state index in [-0.39, 0.29) is 12.5 Å². The van der Waals surface area contributed by atoms with Crippen LogP contribution in [0.2, 0.25) is 0 Å². The molecule has 1 amide bonds. The highest BCUT2D eigenvalue weighted by Gasteiger charge is 2.11. The zero-order valence-electron chi connectivity index (χ0n) is 9.03. The molecule has 0 radical (unpaired) electrons. The van der Waals surface area contributed by atoms with Crippen molar-refractivity contribution in [3.63, 3.8) is 0 Å². The predicted octanol–water partition coefficient (Wildman–Crippen LogP) is 0.284. The molecular formula is C10H16N4O. The van der Waals surface area contributed by atoms with Crippen LogP contribution in [0.5, 0.6) is 0 Å². The van der Waals surface area contributed by atoms with E-state index in [0.717, 1.165) is 5.69 Å². The lowest BCUT2D eigenvalue weighted by molar-refractivity contribution is -0.116. The van der Waals surface area contributed by atoms with Gasteiger partial charge in [0.1, 0.15) is 0 Å². The zero-order chi connectivity index (χ0) is 11.4. The number of hydrogen-bond donors (Lipinski definition) is 2. The van der Waals surface area contributed by atoms with Gasteiger partial charge in [0.15, 0.2) is 5.82 Å². The number of nitrogens with zero attached hydrogens (tertiary/aromatic N) is 2. The van der Waals surface area contributed by atoms with Gasteiger partial charge in [-0.2, -0.15) is 0 Å². The Hall–Kier alpha value is -1.78. The van der Waals surface area contributed by atoms with E-state index < -0.39 is 0 Å². The lowest BCUT2D eigenvalue weighted by atomic mass is 10.3. The van der Waals surface area contributed by atoms with Gasteiger partial charge < -0.3 is 16.4 Å². The maximum atomic E-state index is 10.9. The summed E-state index contributed by atoms with van der Waals surface area (Å²) in [5, 5.41) is 0. The van der Waals surface area contributed by atoms with E-state index in [1.807, 2.05) is 19.9 Å². The molecule has 0 saturated heterocycles. The van der Waals surface area contributed by atoms with E-state index in [4.69, 9.17) is 11.5 Å². The van der Waals surface area contributed by atoms with Crippen LogP contribution in [0.25, 0.3) is 0 Å². The van der Waals surface area contributed by atoms with Crippen molar-refractivity contribution in [3.05, 3.63) is 17.8 Å². The number of pyridine rings is 1. The van der Waals surface area contributed by atoms with E-state index in [9.17, 15) is 4.79 Å². The van der Waals surface area contributed by atoms with Crippen LogP contribution < -0.4 is 16.4 Å². The summed E-state index contributed by atoms with van der Waals surface area (Å²) in [6, 6.07) is 3.61. The van der Waals surface area contributed by atoms with Crippen LogP contribution in [0.15, 0.2) is 12.1 Å². The highest BCUT2D eigenvalue weighted by atomic mass is 16.1. The van der Waals surface area contributed by atoms with E-state index >= 15 is 0 Å². The lowest BCUT2D eigenvalue weighted by Gasteiger charge is -2.21. The first-order valence-corrected chi connectivity index (χ1v) is 4.81. The van der Waals surface area contributed by atoms with Gasteiger partial charge in [-0.05, 0) is 26.0 Å². The SMILES string of the molecule is CCN(CC(N)=O)c1nc(C)ccc1N. The molecule has 1 aromatic rings. The van der Waals surface area contributed by atoms with Crippen molar-refractivity contribution in [2.45, 2.75) is 13.8 Å². The molecule has 0 aliphatic rings. The molecule has 5 nitrogen and oxygen atoms in total. The summed E-state index contributed by atoms with van der Waals surface area (Å²) in [7, 11) is 0. The average molecular weight is 208 g/mol. The average Bonchev–Trinajstić information content (AvgIpc) is 2.18. The fraction of sp³-hybridized carbons (Fsp3) is 0.400. The van der Waals surface area contributed by atoms with Crippen LogP contribution in [-0.4, -0.2) is 24.0 Å². The van der Waals surface area contributed by atoms with Crippen molar-refractivity contribution in [1.82, 2.24) is 4.98 Å². The third-order valence-electron chi connectivity index (χ3n) is 2.07. The smallest absolute Gasteiger partial charge is 0.236 e. The molecule has 1 aromatic heterocycles. The number of rotatable bonds is 4. The molecule has 0 bridgehead atoms. The highest BCUT2D eigenvalue weighted by Crippen LogP contribution is 2.19. The van der Waals surface area contributed by atoms with Gasteiger partial charge in [0.2, 0.25) is 5.91 Å². The summed E-state index contributed by atoms with van der Waals surface area (Å²) in [5.74, 6) is 0.232. The number of aryl methyl sites for hydroxylation is 1. The van der Waals surface area contributed by atoms with Crippen LogP contribution >= 0.6 is 0 Å². The summed E-state index contributed by atoms with van der Waals surface area (Å²) in [5.41, 5.74) is 12.4. The summed E-state index contributed by atoms with van der Waals surface area (Å²) in [6.45, 7) is 4.58. The number of nitrogens with two attached hydrogens (primary N) is 2. The molecule has 82 valence electrons. The first-order chi connectivity index (χ1) is 7.04.